The maximum atomic E-state index is 13.0. The Labute approximate surface area is 127 Å². The molecular formula is C14H10Br2FNO. The lowest BCUT2D eigenvalue weighted by molar-refractivity contribution is 0.102. The fraction of sp³-hybridized carbons (Fsp3) is 0.0714. The van der Waals surface area contributed by atoms with Crippen LogP contribution >= 0.6 is 31.9 Å². The largest absolute Gasteiger partial charge is 0.321 e. The molecule has 0 bridgehead atoms. The summed E-state index contributed by atoms with van der Waals surface area (Å²) < 4.78 is 14.2. The van der Waals surface area contributed by atoms with Gasteiger partial charge in [-0.25, -0.2) is 4.39 Å². The van der Waals surface area contributed by atoms with Crippen molar-refractivity contribution in [2.75, 3.05) is 5.32 Å². The Morgan fingerprint density at radius 3 is 2.53 bits per heavy atom. The van der Waals surface area contributed by atoms with Gasteiger partial charge >= 0.3 is 0 Å². The van der Waals surface area contributed by atoms with Gasteiger partial charge in [-0.2, -0.15) is 0 Å². The van der Waals surface area contributed by atoms with Crippen molar-refractivity contribution in [1.82, 2.24) is 0 Å². The third kappa shape index (κ3) is 3.42. The lowest BCUT2D eigenvalue weighted by Gasteiger charge is -2.09. The lowest BCUT2D eigenvalue weighted by atomic mass is 10.1. The first-order valence-electron chi connectivity index (χ1n) is 5.50. The second kappa shape index (κ2) is 5.84. The molecule has 0 aliphatic heterocycles. The van der Waals surface area contributed by atoms with Crippen molar-refractivity contribution in [2.24, 2.45) is 0 Å². The summed E-state index contributed by atoms with van der Waals surface area (Å²) in [5.74, 6) is -0.607. The minimum absolute atomic E-state index is 0.247. The van der Waals surface area contributed by atoms with E-state index in [9.17, 15) is 9.18 Å². The summed E-state index contributed by atoms with van der Waals surface area (Å²) >= 11 is 6.56. The van der Waals surface area contributed by atoms with Gasteiger partial charge in [0.15, 0.2) is 0 Å². The van der Waals surface area contributed by atoms with Gasteiger partial charge in [0.05, 0.1) is 11.3 Å². The minimum Gasteiger partial charge on any atom is -0.321 e. The second-order valence-corrected chi connectivity index (χ2v) is 5.77. The number of halogens is 3. The Bertz CT molecular complexity index is 643. The number of carbonyl (C=O) groups is 1. The SMILES string of the molecule is Cc1ccc(Br)c(C(=O)Nc2ccc(F)cc2Br)c1. The van der Waals surface area contributed by atoms with Crippen LogP contribution in [0.25, 0.3) is 0 Å². The third-order valence-corrected chi connectivity index (χ3v) is 3.89. The Balaban J connectivity index is 2.28. The van der Waals surface area contributed by atoms with Crippen molar-refractivity contribution in [1.29, 1.82) is 0 Å². The van der Waals surface area contributed by atoms with Crippen LogP contribution in [-0.2, 0) is 0 Å². The molecule has 1 N–H and O–H groups in total. The van der Waals surface area contributed by atoms with Crippen LogP contribution in [0, 0.1) is 12.7 Å². The van der Waals surface area contributed by atoms with Crippen molar-refractivity contribution in [3.8, 4) is 0 Å². The molecule has 2 aromatic rings. The van der Waals surface area contributed by atoms with Gasteiger partial charge in [0, 0.05) is 8.95 Å². The molecule has 2 aromatic carbocycles. The molecule has 0 saturated heterocycles. The number of amides is 1. The standard InChI is InChI=1S/C14H10Br2FNO/c1-8-2-4-11(15)10(6-8)14(19)18-13-5-3-9(17)7-12(13)16/h2-7H,1H3,(H,18,19). The Morgan fingerprint density at radius 1 is 1.11 bits per heavy atom. The predicted molar refractivity (Wildman–Crippen MR) is 80.9 cm³/mol. The van der Waals surface area contributed by atoms with Crippen molar-refractivity contribution in [3.63, 3.8) is 0 Å². The topological polar surface area (TPSA) is 29.1 Å². The zero-order valence-corrected chi connectivity index (χ0v) is 13.2. The molecule has 19 heavy (non-hydrogen) atoms. The monoisotopic (exact) mass is 385 g/mol. The third-order valence-electron chi connectivity index (χ3n) is 2.55. The number of benzene rings is 2. The molecule has 0 atom stereocenters. The normalized spacial score (nSPS) is 10.3. The summed E-state index contributed by atoms with van der Waals surface area (Å²) in [6.45, 7) is 1.91. The number of hydrogen-bond acceptors (Lipinski definition) is 1. The first kappa shape index (κ1) is 14.2. The molecule has 2 nitrogen and oxygen atoms in total. The number of carbonyl (C=O) groups excluding carboxylic acids is 1. The summed E-state index contributed by atoms with van der Waals surface area (Å²) in [6, 6.07) is 9.64. The highest BCUT2D eigenvalue weighted by molar-refractivity contribution is 9.11. The number of aryl methyl sites for hydroxylation is 1. The first-order valence-corrected chi connectivity index (χ1v) is 7.08. The van der Waals surface area contributed by atoms with Gasteiger partial charge in [0.1, 0.15) is 5.82 Å². The summed E-state index contributed by atoms with van der Waals surface area (Å²) in [5.41, 5.74) is 2.06. The van der Waals surface area contributed by atoms with Crippen LogP contribution in [0.1, 0.15) is 15.9 Å². The van der Waals surface area contributed by atoms with E-state index in [-0.39, 0.29) is 11.7 Å². The van der Waals surface area contributed by atoms with E-state index < -0.39 is 0 Å². The molecule has 98 valence electrons. The lowest BCUT2D eigenvalue weighted by Crippen LogP contribution is -2.13. The van der Waals surface area contributed by atoms with E-state index in [4.69, 9.17) is 0 Å². The maximum Gasteiger partial charge on any atom is 0.256 e. The average molecular weight is 387 g/mol. The van der Waals surface area contributed by atoms with Gasteiger partial charge in [-0.15, -0.1) is 0 Å². The molecule has 2 rings (SSSR count). The Morgan fingerprint density at radius 2 is 1.84 bits per heavy atom. The van der Waals surface area contributed by atoms with Crippen molar-refractivity contribution in [3.05, 3.63) is 62.3 Å². The van der Waals surface area contributed by atoms with E-state index in [0.717, 1.165) is 5.56 Å². The molecule has 0 radical (unpaired) electrons. The highest BCUT2D eigenvalue weighted by Gasteiger charge is 2.12. The van der Waals surface area contributed by atoms with Crippen molar-refractivity contribution in [2.45, 2.75) is 6.92 Å². The van der Waals surface area contributed by atoms with E-state index in [0.29, 0.717) is 20.2 Å². The molecule has 5 heteroatoms. The summed E-state index contributed by atoms with van der Waals surface area (Å²) in [7, 11) is 0. The molecule has 0 aromatic heterocycles. The van der Waals surface area contributed by atoms with Crippen LogP contribution in [-0.4, -0.2) is 5.91 Å². The molecule has 0 aliphatic carbocycles. The molecule has 0 fully saturated rings. The van der Waals surface area contributed by atoms with Gasteiger partial charge in [0.25, 0.3) is 5.91 Å². The number of rotatable bonds is 2. The van der Waals surface area contributed by atoms with Gasteiger partial charge in [-0.3, -0.25) is 4.79 Å². The van der Waals surface area contributed by atoms with E-state index in [2.05, 4.69) is 37.2 Å². The van der Waals surface area contributed by atoms with E-state index >= 15 is 0 Å². The van der Waals surface area contributed by atoms with Crippen LogP contribution in [0.15, 0.2) is 45.3 Å². The molecule has 0 saturated carbocycles. The van der Waals surface area contributed by atoms with Gasteiger partial charge in [-0.1, -0.05) is 11.6 Å². The van der Waals surface area contributed by atoms with E-state index in [1.54, 1.807) is 6.07 Å². The summed E-state index contributed by atoms with van der Waals surface area (Å²) in [6.07, 6.45) is 0. The predicted octanol–water partition coefficient (Wildman–Crippen LogP) is 4.91. The quantitative estimate of drug-likeness (QED) is 0.780. The highest BCUT2D eigenvalue weighted by Crippen LogP contribution is 2.25. The van der Waals surface area contributed by atoms with Crippen molar-refractivity contribution >= 4 is 43.5 Å². The maximum absolute atomic E-state index is 13.0. The molecule has 0 aliphatic rings. The first-order chi connectivity index (χ1) is 8.97. The van der Waals surface area contributed by atoms with Crippen LogP contribution in [0.2, 0.25) is 0 Å². The fourth-order valence-corrected chi connectivity index (χ4v) is 2.47. The molecule has 1 amide bonds. The fourth-order valence-electron chi connectivity index (χ4n) is 1.59. The van der Waals surface area contributed by atoms with Crippen LogP contribution < -0.4 is 5.32 Å². The van der Waals surface area contributed by atoms with Crippen LogP contribution in [0.4, 0.5) is 10.1 Å². The average Bonchev–Trinajstić information content (AvgIpc) is 2.35. The zero-order valence-electron chi connectivity index (χ0n) is 10.0. The van der Waals surface area contributed by atoms with Gasteiger partial charge < -0.3 is 5.32 Å². The molecule has 0 heterocycles. The highest BCUT2D eigenvalue weighted by atomic mass is 79.9. The van der Waals surface area contributed by atoms with Gasteiger partial charge in [0.2, 0.25) is 0 Å². The summed E-state index contributed by atoms with van der Waals surface area (Å²) in [4.78, 5) is 12.2. The number of hydrogen-bond donors (Lipinski definition) is 1. The number of anilines is 1. The second-order valence-electron chi connectivity index (χ2n) is 4.06. The molecule has 0 unspecified atom stereocenters. The van der Waals surface area contributed by atoms with E-state index in [1.165, 1.54) is 18.2 Å². The van der Waals surface area contributed by atoms with Crippen LogP contribution in [0.3, 0.4) is 0 Å². The molecular weight excluding hydrogens is 377 g/mol. The summed E-state index contributed by atoms with van der Waals surface area (Å²) in [5, 5.41) is 2.74. The number of nitrogens with one attached hydrogen (secondary N) is 1. The van der Waals surface area contributed by atoms with Crippen LogP contribution in [0.5, 0.6) is 0 Å². The van der Waals surface area contributed by atoms with Gasteiger partial charge in [-0.05, 0) is 69.1 Å². The molecule has 0 spiro atoms. The Kier molecular flexibility index (Phi) is 4.37. The smallest absolute Gasteiger partial charge is 0.256 e. The van der Waals surface area contributed by atoms with Crippen molar-refractivity contribution < 1.29 is 9.18 Å². The zero-order chi connectivity index (χ0) is 14.0. The van der Waals surface area contributed by atoms with E-state index in [1.807, 2.05) is 19.1 Å². The minimum atomic E-state index is -0.360. The Hall–Kier alpha value is -1.20.